The Morgan fingerprint density at radius 2 is 0.966 bits per heavy atom. The van der Waals surface area contributed by atoms with Gasteiger partial charge in [0.25, 0.3) is 0 Å². The topological polar surface area (TPSA) is 66.4 Å². The fraction of sp³-hybridized carbons (Fsp3) is 1.00. The minimum Gasteiger partial charge on any atom is -0.394 e. The first kappa shape index (κ1) is 28.8. The van der Waals surface area contributed by atoms with Gasteiger partial charge in [-0.1, -0.05) is 53.4 Å². The molecule has 0 spiro atoms. The number of unbranched alkanes of at least 4 members (excludes halogenated alkanes) is 4. The third kappa shape index (κ3) is 13.6. The molecule has 0 aliphatic rings. The molecule has 0 radical (unpaired) electrons. The second kappa shape index (κ2) is 21.0. The molecule has 0 aromatic carbocycles. The monoisotopic (exact) mass is 420 g/mol. The van der Waals surface area contributed by atoms with Crippen LogP contribution in [-0.2, 0) is 23.7 Å². The summed E-state index contributed by atoms with van der Waals surface area (Å²) in [6.07, 6.45) is 6.60. The molecule has 6 nitrogen and oxygen atoms in total. The number of methoxy groups -OCH3 is 1. The number of hydrogen-bond acceptors (Lipinski definition) is 6. The van der Waals surface area contributed by atoms with E-state index in [0.29, 0.717) is 33.0 Å². The molecule has 0 saturated heterocycles. The fourth-order valence-corrected chi connectivity index (χ4v) is 2.97. The van der Waals surface area contributed by atoms with Crippen LogP contribution in [0.4, 0.5) is 0 Å². The van der Waals surface area contributed by atoms with E-state index >= 15 is 0 Å². The van der Waals surface area contributed by atoms with Crippen molar-refractivity contribution in [1.29, 1.82) is 0 Å². The van der Waals surface area contributed by atoms with E-state index < -0.39 is 12.2 Å². The largest absolute Gasteiger partial charge is 0.394 e. The Morgan fingerprint density at radius 3 is 1.34 bits per heavy atom. The molecule has 0 aliphatic heterocycles. The summed E-state index contributed by atoms with van der Waals surface area (Å²) in [6, 6.07) is 0. The molecule has 0 aliphatic carbocycles. The quantitative estimate of drug-likeness (QED) is 0.262. The van der Waals surface area contributed by atoms with Crippen molar-refractivity contribution in [1.82, 2.24) is 0 Å². The average Bonchev–Trinajstić information content (AvgIpc) is 2.73. The van der Waals surface area contributed by atoms with Gasteiger partial charge in [-0.15, -0.1) is 0 Å². The van der Waals surface area contributed by atoms with Crippen LogP contribution in [0.1, 0.15) is 79.1 Å². The second-order valence-corrected chi connectivity index (χ2v) is 7.54. The SMILES string of the molecule is CCCCO[C@@H]([C@H](OCCCC)[C@@H](COC)OCCCC)[C@@H](CO)OCCCC. The van der Waals surface area contributed by atoms with Crippen LogP contribution in [0.15, 0.2) is 0 Å². The van der Waals surface area contributed by atoms with Gasteiger partial charge in [0.05, 0.1) is 13.2 Å². The van der Waals surface area contributed by atoms with Crippen LogP contribution in [0, 0.1) is 0 Å². The number of hydrogen-bond donors (Lipinski definition) is 1. The van der Waals surface area contributed by atoms with Gasteiger partial charge >= 0.3 is 0 Å². The van der Waals surface area contributed by atoms with Crippen LogP contribution in [0.3, 0.4) is 0 Å². The molecule has 0 aromatic heterocycles. The van der Waals surface area contributed by atoms with Crippen LogP contribution in [-0.4, -0.2) is 76.3 Å². The Morgan fingerprint density at radius 1 is 0.586 bits per heavy atom. The summed E-state index contributed by atoms with van der Waals surface area (Å²) in [7, 11) is 1.67. The van der Waals surface area contributed by atoms with Crippen molar-refractivity contribution in [2.75, 3.05) is 46.8 Å². The van der Waals surface area contributed by atoms with Gasteiger partial charge in [-0.25, -0.2) is 0 Å². The molecule has 6 heteroatoms. The van der Waals surface area contributed by atoms with E-state index in [4.69, 9.17) is 23.7 Å². The van der Waals surface area contributed by atoms with E-state index in [1.807, 2.05) is 0 Å². The van der Waals surface area contributed by atoms with E-state index in [9.17, 15) is 5.11 Å². The minimum atomic E-state index is -0.445. The lowest BCUT2D eigenvalue weighted by molar-refractivity contribution is -0.193. The molecule has 0 heterocycles. The molecule has 1 N–H and O–H groups in total. The first-order chi connectivity index (χ1) is 14.2. The molecule has 4 atom stereocenters. The average molecular weight is 421 g/mol. The summed E-state index contributed by atoms with van der Waals surface area (Å²) in [5, 5.41) is 10.1. The normalized spacial score (nSPS) is 15.9. The summed E-state index contributed by atoms with van der Waals surface area (Å²) in [5.74, 6) is 0. The molecular weight excluding hydrogens is 372 g/mol. The highest BCUT2D eigenvalue weighted by molar-refractivity contribution is 4.86. The van der Waals surface area contributed by atoms with E-state index in [-0.39, 0.29) is 18.8 Å². The summed E-state index contributed by atoms with van der Waals surface area (Å²) in [4.78, 5) is 0. The highest BCUT2D eigenvalue weighted by atomic mass is 16.6. The smallest absolute Gasteiger partial charge is 0.115 e. The molecule has 0 aromatic rings. The van der Waals surface area contributed by atoms with Gasteiger partial charge in [0.15, 0.2) is 0 Å². The highest BCUT2D eigenvalue weighted by Gasteiger charge is 2.38. The molecular formula is C23H48O6. The third-order valence-corrected chi connectivity index (χ3v) is 4.84. The van der Waals surface area contributed by atoms with Gasteiger partial charge in [-0.2, -0.15) is 0 Å². The van der Waals surface area contributed by atoms with Crippen molar-refractivity contribution < 1.29 is 28.8 Å². The van der Waals surface area contributed by atoms with Crippen LogP contribution < -0.4 is 0 Å². The van der Waals surface area contributed by atoms with Gasteiger partial charge < -0.3 is 28.8 Å². The lowest BCUT2D eigenvalue weighted by Gasteiger charge is -2.37. The maximum absolute atomic E-state index is 10.1. The molecule has 29 heavy (non-hydrogen) atoms. The van der Waals surface area contributed by atoms with E-state index in [1.54, 1.807) is 7.11 Å². The molecule has 0 fully saturated rings. The van der Waals surface area contributed by atoms with E-state index in [0.717, 1.165) is 51.4 Å². The predicted molar refractivity (Wildman–Crippen MR) is 118 cm³/mol. The van der Waals surface area contributed by atoms with Crippen LogP contribution in [0.25, 0.3) is 0 Å². The number of aliphatic hydroxyl groups excluding tert-OH is 1. The van der Waals surface area contributed by atoms with E-state index in [1.165, 1.54) is 0 Å². The van der Waals surface area contributed by atoms with Gasteiger partial charge in [0.2, 0.25) is 0 Å². The highest BCUT2D eigenvalue weighted by Crippen LogP contribution is 2.20. The Labute approximate surface area is 179 Å². The van der Waals surface area contributed by atoms with Crippen molar-refractivity contribution in [2.45, 2.75) is 103 Å². The zero-order chi connectivity index (χ0) is 21.7. The van der Waals surface area contributed by atoms with Gasteiger partial charge in [-0.05, 0) is 25.7 Å². The zero-order valence-corrected chi connectivity index (χ0v) is 19.7. The number of ether oxygens (including phenoxy) is 5. The summed E-state index contributed by atoms with van der Waals surface area (Å²) in [5.41, 5.74) is 0. The first-order valence-electron chi connectivity index (χ1n) is 11.8. The van der Waals surface area contributed by atoms with Crippen LogP contribution in [0.5, 0.6) is 0 Å². The Kier molecular flexibility index (Phi) is 20.8. The molecule has 0 saturated carbocycles. The maximum atomic E-state index is 10.1. The summed E-state index contributed by atoms with van der Waals surface area (Å²) >= 11 is 0. The first-order valence-corrected chi connectivity index (χ1v) is 11.8. The molecule has 0 unspecified atom stereocenters. The maximum Gasteiger partial charge on any atom is 0.115 e. The number of aliphatic hydroxyl groups is 1. The van der Waals surface area contributed by atoms with Crippen molar-refractivity contribution in [3.8, 4) is 0 Å². The Hall–Kier alpha value is -0.240. The molecule has 0 bridgehead atoms. The molecule has 176 valence electrons. The van der Waals surface area contributed by atoms with Crippen molar-refractivity contribution in [2.24, 2.45) is 0 Å². The second-order valence-electron chi connectivity index (χ2n) is 7.54. The lowest BCUT2D eigenvalue weighted by Crippen LogP contribution is -2.52. The Bertz CT molecular complexity index is 328. The minimum absolute atomic E-state index is 0.108. The zero-order valence-electron chi connectivity index (χ0n) is 19.7. The molecule has 0 rings (SSSR count). The Balaban J connectivity index is 5.46. The van der Waals surface area contributed by atoms with Crippen LogP contribution >= 0.6 is 0 Å². The summed E-state index contributed by atoms with van der Waals surface area (Å²) < 4.78 is 30.2. The van der Waals surface area contributed by atoms with Crippen molar-refractivity contribution in [3.63, 3.8) is 0 Å². The predicted octanol–water partition coefficient (Wildman–Crippen LogP) is 4.37. The van der Waals surface area contributed by atoms with Gasteiger partial charge in [0.1, 0.15) is 24.4 Å². The standard InChI is InChI=1S/C23H48O6/c1-6-10-14-26-20(18-24)22(28-16-12-8-3)23(29-17-13-9-4)21(19-25-5)27-15-11-7-2/h20-24H,6-19H2,1-5H3/t20-,21-,22-,23-/m1/s1. The molecule has 0 amide bonds. The van der Waals surface area contributed by atoms with Crippen LogP contribution in [0.2, 0.25) is 0 Å². The van der Waals surface area contributed by atoms with Crippen molar-refractivity contribution >= 4 is 0 Å². The van der Waals surface area contributed by atoms with Crippen molar-refractivity contribution in [3.05, 3.63) is 0 Å². The third-order valence-electron chi connectivity index (χ3n) is 4.84. The van der Waals surface area contributed by atoms with E-state index in [2.05, 4.69) is 27.7 Å². The summed E-state index contributed by atoms with van der Waals surface area (Å²) in [6.45, 7) is 11.3. The van der Waals surface area contributed by atoms with Gasteiger partial charge in [-0.3, -0.25) is 0 Å². The fourth-order valence-electron chi connectivity index (χ4n) is 2.97. The lowest BCUT2D eigenvalue weighted by atomic mass is 10.0. The number of rotatable bonds is 22. The van der Waals surface area contributed by atoms with Gasteiger partial charge in [0, 0.05) is 33.5 Å².